The summed E-state index contributed by atoms with van der Waals surface area (Å²) in [5.74, 6) is 0.311. The summed E-state index contributed by atoms with van der Waals surface area (Å²) < 4.78 is 1.80. The number of halogens is 1. The minimum atomic E-state index is 0.103. The Morgan fingerprint density at radius 2 is 2.11 bits per heavy atom. The fourth-order valence-electron chi connectivity index (χ4n) is 1.88. The number of hydrogen-bond donors (Lipinski definition) is 1. The highest BCUT2D eigenvalue weighted by molar-refractivity contribution is 6.30. The van der Waals surface area contributed by atoms with E-state index in [1.165, 1.54) is 0 Å². The van der Waals surface area contributed by atoms with Crippen molar-refractivity contribution < 1.29 is 4.79 Å². The number of rotatable bonds is 4. The molecule has 1 heterocycles. The number of amides is 1. The Bertz CT molecular complexity index is 587. The molecule has 0 bridgehead atoms. The summed E-state index contributed by atoms with van der Waals surface area (Å²) in [6, 6.07) is 7.64. The SMILES string of the molecule is O=C(Nc1cnn(Cc2ccc(Cl)cc2)c1)C1CC1. The lowest BCUT2D eigenvalue weighted by Crippen LogP contribution is -2.12. The van der Waals surface area contributed by atoms with Gasteiger partial charge in [0.1, 0.15) is 0 Å². The van der Waals surface area contributed by atoms with Crippen LogP contribution in [0, 0.1) is 5.92 Å². The van der Waals surface area contributed by atoms with Crippen LogP contribution in [0.25, 0.3) is 0 Å². The van der Waals surface area contributed by atoms with E-state index in [1.54, 1.807) is 10.9 Å². The van der Waals surface area contributed by atoms with E-state index < -0.39 is 0 Å². The Hall–Kier alpha value is -1.81. The summed E-state index contributed by atoms with van der Waals surface area (Å²) >= 11 is 5.84. The molecule has 0 spiro atoms. The van der Waals surface area contributed by atoms with Crippen LogP contribution in [-0.4, -0.2) is 15.7 Å². The molecule has 1 N–H and O–H groups in total. The predicted octanol–water partition coefficient (Wildman–Crippen LogP) is 2.93. The van der Waals surface area contributed by atoms with Gasteiger partial charge in [0.05, 0.1) is 18.4 Å². The molecule has 1 aromatic carbocycles. The van der Waals surface area contributed by atoms with Crippen LogP contribution in [0.3, 0.4) is 0 Å². The molecule has 1 aliphatic carbocycles. The Kier molecular flexibility index (Phi) is 3.25. The normalized spacial score (nSPS) is 14.4. The first-order chi connectivity index (χ1) is 9.20. The summed E-state index contributed by atoms with van der Waals surface area (Å²) in [5, 5.41) is 7.84. The topological polar surface area (TPSA) is 46.9 Å². The van der Waals surface area contributed by atoms with Gasteiger partial charge in [-0.25, -0.2) is 0 Å². The van der Waals surface area contributed by atoms with Crippen molar-refractivity contribution in [2.24, 2.45) is 5.92 Å². The molecular formula is C14H14ClN3O. The first-order valence-electron chi connectivity index (χ1n) is 6.28. The van der Waals surface area contributed by atoms with Gasteiger partial charge in [0.2, 0.25) is 5.91 Å². The molecule has 0 atom stereocenters. The van der Waals surface area contributed by atoms with Gasteiger partial charge in [-0.2, -0.15) is 5.10 Å². The number of aromatic nitrogens is 2. The fraction of sp³-hybridized carbons (Fsp3) is 0.286. The number of nitrogens with one attached hydrogen (secondary N) is 1. The second-order valence-electron chi connectivity index (χ2n) is 4.82. The van der Waals surface area contributed by atoms with E-state index in [1.807, 2.05) is 30.5 Å². The largest absolute Gasteiger partial charge is 0.323 e. The molecule has 1 fully saturated rings. The Morgan fingerprint density at radius 3 is 2.79 bits per heavy atom. The maximum Gasteiger partial charge on any atom is 0.227 e. The van der Waals surface area contributed by atoms with E-state index in [4.69, 9.17) is 11.6 Å². The molecule has 0 unspecified atom stereocenters. The monoisotopic (exact) mass is 275 g/mol. The Morgan fingerprint density at radius 1 is 1.37 bits per heavy atom. The van der Waals surface area contributed by atoms with Crippen LogP contribution in [0.15, 0.2) is 36.7 Å². The molecule has 1 amide bonds. The number of carbonyl (C=O) groups excluding carboxylic acids is 1. The maximum absolute atomic E-state index is 11.6. The van der Waals surface area contributed by atoms with Crippen LogP contribution in [-0.2, 0) is 11.3 Å². The second kappa shape index (κ2) is 5.05. The minimum absolute atomic E-state index is 0.103. The fourth-order valence-corrected chi connectivity index (χ4v) is 2.01. The first-order valence-corrected chi connectivity index (χ1v) is 6.66. The van der Waals surface area contributed by atoms with Crippen LogP contribution in [0.4, 0.5) is 5.69 Å². The van der Waals surface area contributed by atoms with Gasteiger partial charge in [0.15, 0.2) is 0 Å². The highest BCUT2D eigenvalue weighted by atomic mass is 35.5. The quantitative estimate of drug-likeness (QED) is 0.933. The van der Waals surface area contributed by atoms with E-state index in [-0.39, 0.29) is 11.8 Å². The number of carbonyl (C=O) groups is 1. The highest BCUT2D eigenvalue weighted by Crippen LogP contribution is 2.30. The van der Waals surface area contributed by atoms with Gasteiger partial charge in [-0.3, -0.25) is 9.48 Å². The molecule has 3 rings (SSSR count). The molecule has 0 radical (unpaired) electrons. The third kappa shape index (κ3) is 3.15. The number of anilines is 1. The van der Waals surface area contributed by atoms with E-state index in [9.17, 15) is 4.79 Å². The first kappa shape index (κ1) is 12.2. The molecule has 4 nitrogen and oxygen atoms in total. The summed E-state index contributed by atoms with van der Waals surface area (Å²) in [6.07, 6.45) is 5.53. The number of hydrogen-bond acceptors (Lipinski definition) is 2. The lowest BCUT2D eigenvalue weighted by molar-refractivity contribution is -0.117. The zero-order chi connectivity index (χ0) is 13.2. The van der Waals surface area contributed by atoms with E-state index >= 15 is 0 Å². The molecule has 1 aromatic heterocycles. The molecule has 98 valence electrons. The van der Waals surface area contributed by atoms with Crippen LogP contribution in [0.5, 0.6) is 0 Å². The molecule has 1 saturated carbocycles. The zero-order valence-corrected chi connectivity index (χ0v) is 11.1. The minimum Gasteiger partial charge on any atom is -0.323 e. The molecule has 5 heteroatoms. The molecule has 0 aliphatic heterocycles. The van der Waals surface area contributed by atoms with Crippen molar-refractivity contribution in [1.29, 1.82) is 0 Å². The van der Waals surface area contributed by atoms with E-state index in [0.29, 0.717) is 6.54 Å². The van der Waals surface area contributed by atoms with Crippen LogP contribution in [0.2, 0.25) is 5.02 Å². The van der Waals surface area contributed by atoms with Crippen molar-refractivity contribution in [3.63, 3.8) is 0 Å². The van der Waals surface area contributed by atoms with Crippen molar-refractivity contribution in [2.45, 2.75) is 19.4 Å². The highest BCUT2D eigenvalue weighted by Gasteiger charge is 2.29. The lowest BCUT2D eigenvalue weighted by atomic mass is 10.2. The van der Waals surface area contributed by atoms with E-state index in [0.717, 1.165) is 29.1 Å². The van der Waals surface area contributed by atoms with Gasteiger partial charge in [0.25, 0.3) is 0 Å². The predicted molar refractivity (Wildman–Crippen MR) is 74.1 cm³/mol. The average Bonchev–Trinajstić information content (AvgIpc) is 3.16. The van der Waals surface area contributed by atoms with Crippen molar-refractivity contribution in [1.82, 2.24) is 9.78 Å². The average molecular weight is 276 g/mol. The molecule has 0 saturated heterocycles. The van der Waals surface area contributed by atoms with E-state index in [2.05, 4.69) is 10.4 Å². The Balaban J connectivity index is 1.64. The standard InChI is InChI=1S/C14H14ClN3O/c15-12-5-1-10(2-6-12)8-18-9-13(7-16-18)17-14(19)11-3-4-11/h1-2,5-7,9,11H,3-4,8H2,(H,17,19). The van der Waals surface area contributed by atoms with Crippen molar-refractivity contribution in [2.75, 3.05) is 5.32 Å². The summed E-state index contributed by atoms with van der Waals surface area (Å²) in [7, 11) is 0. The van der Waals surface area contributed by atoms with Gasteiger partial charge in [-0.05, 0) is 30.5 Å². The lowest BCUT2D eigenvalue weighted by Gasteiger charge is -2.02. The zero-order valence-electron chi connectivity index (χ0n) is 10.3. The number of benzene rings is 1. The van der Waals surface area contributed by atoms with Crippen molar-refractivity contribution >= 4 is 23.2 Å². The third-order valence-corrected chi connectivity index (χ3v) is 3.36. The van der Waals surface area contributed by atoms with Gasteiger partial charge < -0.3 is 5.32 Å². The molecular weight excluding hydrogens is 262 g/mol. The smallest absolute Gasteiger partial charge is 0.227 e. The molecule has 19 heavy (non-hydrogen) atoms. The van der Waals surface area contributed by atoms with Gasteiger partial charge in [-0.1, -0.05) is 23.7 Å². The van der Waals surface area contributed by atoms with Gasteiger partial charge >= 0.3 is 0 Å². The van der Waals surface area contributed by atoms with Gasteiger partial charge in [0, 0.05) is 17.1 Å². The van der Waals surface area contributed by atoms with Crippen molar-refractivity contribution in [3.05, 3.63) is 47.2 Å². The summed E-state index contributed by atoms with van der Waals surface area (Å²) in [5.41, 5.74) is 1.87. The number of nitrogens with zero attached hydrogens (tertiary/aromatic N) is 2. The second-order valence-corrected chi connectivity index (χ2v) is 5.25. The Labute approximate surface area is 116 Å². The maximum atomic E-state index is 11.6. The van der Waals surface area contributed by atoms with Gasteiger partial charge in [-0.15, -0.1) is 0 Å². The molecule has 1 aliphatic rings. The van der Waals surface area contributed by atoms with Crippen molar-refractivity contribution in [3.8, 4) is 0 Å². The molecule has 2 aromatic rings. The summed E-state index contributed by atoms with van der Waals surface area (Å²) in [4.78, 5) is 11.6. The summed E-state index contributed by atoms with van der Waals surface area (Å²) in [6.45, 7) is 0.663. The van der Waals surface area contributed by atoms with Crippen LogP contribution >= 0.6 is 11.6 Å². The van der Waals surface area contributed by atoms with Crippen LogP contribution < -0.4 is 5.32 Å². The van der Waals surface area contributed by atoms with Crippen LogP contribution in [0.1, 0.15) is 18.4 Å². The third-order valence-electron chi connectivity index (χ3n) is 3.11.